The maximum absolute atomic E-state index is 5.92. The van der Waals surface area contributed by atoms with Crippen LogP contribution in [-0.4, -0.2) is 25.7 Å². The smallest absolute Gasteiger partial charge is 0.124 e. The SMILES string of the molecule is CCCCOc1ccccc1C1CC(CNCC)NN1. The molecule has 0 aliphatic carbocycles. The van der Waals surface area contributed by atoms with E-state index < -0.39 is 0 Å². The molecule has 2 rings (SSSR count). The zero-order valence-corrected chi connectivity index (χ0v) is 12.6. The Morgan fingerprint density at radius 2 is 2.10 bits per heavy atom. The van der Waals surface area contributed by atoms with Crippen LogP contribution in [0.1, 0.15) is 44.7 Å². The van der Waals surface area contributed by atoms with Crippen LogP contribution in [0.3, 0.4) is 0 Å². The van der Waals surface area contributed by atoms with E-state index in [4.69, 9.17) is 4.74 Å². The lowest BCUT2D eigenvalue weighted by atomic mass is 10.0. The number of hydrazine groups is 1. The molecule has 1 saturated heterocycles. The highest BCUT2D eigenvalue weighted by atomic mass is 16.5. The minimum absolute atomic E-state index is 0.330. The second-order valence-electron chi connectivity index (χ2n) is 5.32. The van der Waals surface area contributed by atoms with Gasteiger partial charge in [-0.25, -0.2) is 5.43 Å². The summed E-state index contributed by atoms with van der Waals surface area (Å²) in [5.41, 5.74) is 8.02. The van der Waals surface area contributed by atoms with Crippen molar-refractivity contribution in [1.82, 2.24) is 16.2 Å². The summed E-state index contributed by atoms with van der Waals surface area (Å²) < 4.78 is 5.92. The van der Waals surface area contributed by atoms with E-state index in [1.807, 2.05) is 6.07 Å². The fraction of sp³-hybridized carbons (Fsp3) is 0.625. The zero-order valence-electron chi connectivity index (χ0n) is 12.6. The van der Waals surface area contributed by atoms with Crippen LogP contribution < -0.4 is 20.9 Å². The summed E-state index contributed by atoms with van der Waals surface area (Å²) >= 11 is 0. The molecule has 1 aliphatic heterocycles. The summed E-state index contributed by atoms with van der Waals surface area (Å²) in [6.07, 6.45) is 3.35. The fourth-order valence-corrected chi connectivity index (χ4v) is 2.50. The standard InChI is InChI=1S/C16H27N3O/c1-3-5-10-20-16-9-7-6-8-14(16)15-11-13(18-19-15)12-17-4-2/h6-9,13,15,17-19H,3-5,10-12H2,1-2H3. The Morgan fingerprint density at radius 3 is 2.90 bits per heavy atom. The van der Waals surface area contributed by atoms with Crippen LogP contribution in [0, 0.1) is 0 Å². The number of rotatable bonds is 8. The lowest BCUT2D eigenvalue weighted by molar-refractivity contribution is 0.303. The number of benzene rings is 1. The van der Waals surface area contributed by atoms with Gasteiger partial charge in [0.25, 0.3) is 0 Å². The first-order valence-electron chi connectivity index (χ1n) is 7.78. The highest BCUT2D eigenvalue weighted by Crippen LogP contribution is 2.30. The molecule has 1 aromatic rings. The van der Waals surface area contributed by atoms with Gasteiger partial charge in [0.05, 0.1) is 12.6 Å². The van der Waals surface area contributed by atoms with Crippen LogP contribution >= 0.6 is 0 Å². The lowest BCUT2D eigenvalue weighted by Crippen LogP contribution is -2.37. The maximum Gasteiger partial charge on any atom is 0.124 e. The van der Waals surface area contributed by atoms with Gasteiger partial charge in [0.1, 0.15) is 5.75 Å². The monoisotopic (exact) mass is 277 g/mol. The predicted molar refractivity (Wildman–Crippen MR) is 82.8 cm³/mol. The van der Waals surface area contributed by atoms with Gasteiger partial charge in [-0.3, -0.25) is 5.43 Å². The molecule has 3 N–H and O–H groups in total. The van der Waals surface area contributed by atoms with Gasteiger partial charge in [-0.1, -0.05) is 38.5 Å². The summed E-state index contributed by atoms with van der Waals surface area (Å²) in [6, 6.07) is 9.17. The minimum Gasteiger partial charge on any atom is -0.493 e. The van der Waals surface area contributed by atoms with Crippen molar-refractivity contribution in [3.05, 3.63) is 29.8 Å². The van der Waals surface area contributed by atoms with Crippen LogP contribution in [-0.2, 0) is 0 Å². The molecule has 0 amide bonds. The Morgan fingerprint density at radius 1 is 1.25 bits per heavy atom. The molecular formula is C16H27N3O. The third-order valence-corrected chi connectivity index (χ3v) is 3.67. The minimum atomic E-state index is 0.330. The van der Waals surface area contributed by atoms with Crippen LogP contribution in [0.5, 0.6) is 5.75 Å². The number of ether oxygens (including phenoxy) is 1. The Kier molecular flexibility index (Phi) is 6.30. The van der Waals surface area contributed by atoms with Crippen LogP contribution in [0.4, 0.5) is 0 Å². The zero-order chi connectivity index (χ0) is 14.2. The number of para-hydroxylation sites is 1. The number of likely N-dealkylation sites (N-methyl/N-ethyl adjacent to an activating group) is 1. The van der Waals surface area contributed by atoms with E-state index in [-0.39, 0.29) is 0 Å². The summed E-state index contributed by atoms with van der Waals surface area (Å²) in [4.78, 5) is 0. The quantitative estimate of drug-likeness (QED) is 0.638. The first-order chi connectivity index (χ1) is 9.85. The largest absolute Gasteiger partial charge is 0.493 e. The van der Waals surface area contributed by atoms with Gasteiger partial charge < -0.3 is 10.1 Å². The third kappa shape index (κ3) is 4.20. The first-order valence-corrected chi connectivity index (χ1v) is 7.78. The summed E-state index contributed by atoms with van der Waals surface area (Å²) in [5, 5.41) is 3.38. The average Bonchev–Trinajstić information content (AvgIpc) is 2.94. The molecule has 2 unspecified atom stereocenters. The third-order valence-electron chi connectivity index (χ3n) is 3.67. The number of unbranched alkanes of at least 4 members (excludes halogenated alkanes) is 1. The van der Waals surface area contributed by atoms with Crippen molar-refractivity contribution in [2.24, 2.45) is 0 Å². The molecule has 0 radical (unpaired) electrons. The predicted octanol–water partition coefficient (Wildman–Crippen LogP) is 2.38. The van der Waals surface area contributed by atoms with E-state index in [2.05, 4.69) is 48.2 Å². The van der Waals surface area contributed by atoms with Crippen molar-refractivity contribution >= 4 is 0 Å². The Balaban J connectivity index is 1.94. The van der Waals surface area contributed by atoms with Gasteiger partial charge in [0, 0.05) is 18.2 Å². The molecule has 4 heteroatoms. The Hall–Kier alpha value is -1.10. The van der Waals surface area contributed by atoms with Gasteiger partial charge in [-0.05, 0) is 25.5 Å². The highest BCUT2D eigenvalue weighted by molar-refractivity contribution is 5.36. The van der Waals surface area contributed by atoms with Gasteiger partial charge in [0.2, 0.25) is 0 Å². The summed E-state index contributed by atoms with van der Waals surface area (Å²) in [5.74, 6) is 1.02. The molecule has 0 aromatic heterocycles. The molecule has 0 saturated carbocycles. The normalized spacial score (nSPS) is 22.1. The number of hydrogen-bond donors (Lipinski definition) is 3. The first kappa shape index (κ1) is 15.3. The molecule has 1 fully saturated rings. The van der Waals surface area contributed by atoms with E-state index >= 15 is 0 Å². The topological polar surface area (TPSA) is 45.3 Å². The van der Waals surface area contributed by atoms with Gasteiger partial charge in [-0.15, -0.1) is 0 Å². The number of hydrogen-bond acceptors (Lipinski definition) is 4. The fourth-order valence-electron chi connectivity index (χ4n) is 2.50. The van der Waals surface area contributed by atoms with E-state index in [0.29, 0.717) is 12.1 Å². The van der Waals surface area contributed by atoms with Crippen molar-refractivity contribution in [1.29, 1.82) is 0 Å². The second-order valence-corrected chi connectivity index (χ2v) is 5.32. The van der Waals surface area contributed by atoms with Gasteiger partial charge in [0.15, 0.2) is 0 Å². The van der Waals surface area contributed by atoms with Crippen molar-refractivity contribution in [2.45, 2.75) is 45.2 Å². The molecule has 0 bridgehead atoms. The number of nitrogens with one attached hydrogen (secondary N) is 3. The van der Waals surface area contributed by atoms with E-state index in [9.17, 15) is 0 Å². The van der Waals surface area contributed by atoms with Crippen molar-refractivity contribution in [2.75, 3.05) is 19.7 Å². The van der Waals surface area contributed by atoms with Crippen LogP contribution in [0.25, 0.3) is 0 Å². The molecule has 1 aromatic carbocycles. The summed E-state index contributed by atoms with van der Waals surface area (Å²) in [7, 11) is 0. The molecule has 1 heterocycles. The average molecular weight is 277 g/mol. The molecular weight excluding hydrogens is 250 g/mol. The van der Waals surface area contributed by atoms with E-state index in [1.165, 1.54) is 5.56 Å². The second kappa shape index (κ2) is 8.25. The molecule has 20 heavy (non-hydrogen) atoms. The highest BCUT2D eigenvalue weighted by Gasteiger charge is 2.26. The molecule has 112 valence electrons. The van der Waals surface area contributed by atoms with Gasteiger partial charge in [-0.2, -0.15) is 0 Å². The van der Waals surface area contributed by atoms with Gasteiger partial charge >= 0.3 is 0 Å². The van der Waals surface area contributed by atoms with E-state index in [0.717, 1.165) is 44.7 Å². The van der Waals surface area contributed by atoms with Crippen LogP contribution in [0.2, 0.25) is 0 Å². The molecule has 1 aliphatic rings. The van der Waals surface area contributed by atoms with Crippen molar-refractivity contribution < 1.29 is 4.74 Å². The summed E-state index contributed by atoms with van der Waals surface area (Å²) in [6.45, 7) is 7.13. The lowest BCUT2D eigenvalue weighted by Gasteiger charge is -2.16. The van der Waals surface area contributed by atoms with Crippen molar-refractivity contribution in [3.63, 3.8) is 0 Å². The van der Waals surface area contributed by atoms with E-state index in [1.54, 1.807) is 0 Å². The van der Waals surface area contributed by atoms with Crippen LogP contribution in [0.15, 0.2) is 24.3 Å². The molecule has 0 spiro atoms. The maximum atomic E-state index is 5.92. The molecule has 4 nitrogen and oxygen atoms in total. The van der Waals surface area contributed by atoms with Crippen molar-refractivity contribution in [3.8, 4) is 5.75 Å². The Bertz CT molecular complexity index is 397. The molecule has 2 atom stereocenters. The Labute approximate surface area is 122 Å².